The molecule has 0 spiro atoms. The summed E-state index contributed by atoms with van der Waals surface area (Å²) in [6.45, 7) is 1.22. The van der Waals surface area contributed by atoms with E-state index < -0.39 is 6.43 Å². The Labute approximate surface area is 121 Å². The van der Waals surface area contributed by atoms with Crippen molar-refractivity contribution in [2.75, 3.05) is 18.0 Å². The van der Waals surface area contributed by atoms with Crippen LogP contribution in [-0.4, -0.2) is 29.0 Å². The molecule has 0 atom stereocenters. The molecule has 1 aromatic heterocycles. The van der Waals surface area contributed by atoms with Gasteiger partial charge in [0, 0.05) is 31.0 Å². The van der Waals surface area contributed by atoms with Gasteiger partial charge in [0.05, 0.1) is 0 Å². The molecule has 1 saturated carbocycles. The van der Waals surface area contributed by atoms with E-state index in [1.807, 2.05) is 4.90 Å². The summed E-state index contributed by atoms with van der Waals surface area (Å²) in [5, 5.41) is 0. The van der Waals surface area contributed by atoms with Crippen LogP contribution < -0.4 is 10.6 Å². The molecule has 1 amide bonds. The number of carbonyl (C=O) groups excluding carboxylic acids is 1. The van der Waals surface area contributed by atoms with Gasteiger partial charge < -0.3 is 10.6 Å². The molecule has 114 valence electrons. The number of primary amides is 1. The van der Waals surface area contributed by atoms with Gasteiger partial charge in [-0.15, -0.1) is 0 Å². The normalized spacial score (nSPS) is 20.0. The van der Waals surface area contributed by atoms with E-state index in [9.17, 15) is 13.6 Å². The van der Waals surface area contributed by atoms with Crippen LogP contribution in [0.3, 0.4) is 0 Å². The topological polar surface area (TPSA) is 72.1 Å². The van der Waals surface area contributed by atoms with Crippen LogP contribution >= 0.6 is 0 Å². The fourth-order valence-electron chi connectivity index (χ4n) is 2.66. The van der Waals surface area contributed by atoms with Gasteiger partial charge in [0.15, 0.2) is 0 Å². The number of rotatable bonds is 4. The van der Waals surface area contributed by atoms with E-state index in [2.05, 4.69) is 9.97 Å². The van der Waals surface area contributed by atoms with Crippen LogP contribution in [0.25, 0.3) is 0 Å². The molecular weight excluding hydrogens is 278 g/mol. The fourth-order valence-corrected chi connectivity index (χ4v) is 2.66. The number of halogens is 2. The molecule has 2 heterocycles. The molecule has 3 rings (SSSR count). The van der Waals surface area contributed by atoms with Crippen molar-refractivity contribution in [1.82, 2.24) is 9.97 Å². The third-order valence-corrected chi connectivity index (χ3v) is 4.14. The Hall–Kier alpha value is -1.79. The zero-order valence-corrected chi connectivity index (χ0v) is 11.6. The Morgan fingerprint density at radius 3 is 2.43 bits per heavy atom. The molecule has 2 aliphatic rings. The summed E-state index contributed by atoms with van der Waals surface area (Å²) in [5.74, 6) is 0.889. The maximum Gasteiger partial charge on any atom is 0.280 e. The van der Waals surface area contributed by atoms with Crippen LogP contribution in [0.2, 0.25) is 0 Å². The second-order valence-corrected chi connectivity index (χ2v) is 5.75. The first-order valence-electron chi connectivity index (χ1n) is 7.26. The molecule has 2 N–H and O–H groups in total. The summed E-state index contributed by atoms with van der Waals surface area (Å²) in [6.07, 6.45) is 0.628. The summed E-state index contributed by atoms with van der Waals surface area (Å²) in [5.41, 5.74) is 5.10. The number of anilines is 1. The molecule has 21 heavy (non-hydrogen) atoms. The lowest BCUT2D eigenvalue weighted by molar-refractivity contribution is -0.122. The highest BCUT2D eigenvalue weighted by atomic mass is 19.3. The monoisotopic (exact) mass is 296 g/mol. The molecule has 0 aromatic carbocycles. The second-order valence-electron chi connectivity index (χ2n) is 5.75. The van der Waals surface area contributed by atoms with Crippen molar-refractivity contribution in [2.24, 2.45) is 11.7 Å². The van der Waals surface area contributed by atoms with Gasteiger partial charge >= 0.3 is 0 Å². The minimum Gasteiger partial charge on any atom is -0.369 e. The molecule has 0 unspecified atom stereocenters. The first-order chi connectivity index (χ1) is 10.0. The number of hydrogen-bond donors (Lipinski definition) is 1. The summed E-state index contributed by atoms with van der Waals surface area (Å²) in [6, 6.07) is 1.36. The number of amides is 1. The van der Waals surface area contributed by atoms with Crippen molar-refractivity contribution in [2.45, 2.75) is 38.0 Å². The fraction of sp³-hybridized carbons (Fsp3) is 0.643. The Balaban J connectivity index is 1.80. The van der Waals surface area contributed by atoms with Crippen molar-refractivity contribution in [1.29, 1.82) is 0 Å². The molecule has 1 saturated heterocycles. The Morgan fingerprint density at radius 2 is 1.90 bits per heavy atom. The number of carbonyl (C=O) groups is 1. The lowest BCUT2D eigenvalue weighted by Gasteiger charge is -2.31. The molecule has 5 nitrogen and oxygen atoms in total. The zero-order chi connectivity index (χ0) is 15.0. The van der Waals surface area contributed by atoms with Crippen LogP contribution in [0.1, 0.15) is 49.5 Å². The minimum atomic E-state index is -2.59. The Kier molecular flexibility index (Phi) is 3.73. The van der Waals surface area contributed by atoms with Crippen molar-refractivity contribution in [3.05, 3.63) is 17.6 Å². The second kappa shape index (κ2) is 5.54. The average molecular weight is 296 g/mol. The van der Waals surface area contributed by atoms with Crippen molar-refractivity contribution >= 4 is 11.7 Å². The molecule has 1 aromatic rings. The van der Waals surface area contributed by atoms with Gasteiger partial charge in [-0.2, -0.15) is 0 Å². The van der Waals surface area contributed by atoms with Crippen LogP contribution in [0.5, 0.6) is 0 Å². The van der Waals surface area contributed by atoms with Gasteiger partial charge in [-0.3, -0.25) is 4.79 Å². The highest BCUT2D eigenvalue weighted by Gasteiger charge is 2.30. The molecule has 0 bridgehead atoms. The van der Waals surface area contributed by atoms with Gasteiger partial charge in [0.25, 0.3) is 6.43 Å². The van der Waals surface area contributed by atoms with E-state index in [4.69, 9.17) is 5.73 Å². The van der Waals surface area contributed by atoms with Crippen molar-refractivity contribution in [3.63, 3.8) is 0 Å². The van der Waals surface area contributed by atoms with Crippen molar-refractivity contribution < 1.29 is 13.6 Å². The predicted octanol–water partition coefficient (Wildman–Crippen LogP) is 1.99. The third kappa shape index (κ3) is 3.11. The molecule has 7 heteroatoms. The minimum absolute atomic E-state index is 0.124. The molecule has 1 aliphatic heterocycles. The average Bonchev–Trinajstić information content (AvgIpc) is 3.31. The third-order valence-electron chi connectivity index (χ3n) is 4.14. The quantitative estimate of drug-likeness (QED) is 0.922. The maximum absolute atomic E-state index is 13.0. The van der Waals surface area contributed by atoms with Gasteiger partial charge in [0.1, 0.15) is 17.3 Å². The number of hydrogen-bond acceptors (Lipinski definition) is 4. The first-order valence-corrected chi connectivity index (χ1v) is 7.26. The van der Waals surface area contributed by atoms with Gasteiger partial charge in [-0.05, 0) is 25.7 Å². The van der Waals surface area contributed by atoms with Gasteiger partial charge in [-0.1, -0.05) is 0 Å². The Morgan fingerprint density at radius 1 is 1.24 bits per heavy atom. The van der Waals surface area contributed by atoms with Crippen LogP contribution in [0.15, 0.2) is 6.07 Å². The number of nitrogens with two attached hydrogens (primary N) is 1. The van der Waals surface area contributed by atoms with Gasteiger partial charge in [-0.25, -0.2) is 18.7 Å². The highest BCUT2D eigenvalue weighted by molar-refractivity contribution is 5.76. The van der Waals surface area contributed by atoms with E-state index in [0.29, 0.717) is 37.6 Å². The Bertz CT molecular complexity index is 520. The highest BCUT2D eigenvalue weighted by Crippen LogP contribution is 2.39. The summed E-state index contributed by atoms with van der Waals surface area (Å²) < 4.78 is 26.0. The number of alkyl halides is 2. The molecule has 0 radical (unpaired) electrons. The van der Waals surface area contributed by atoms with Crippen molar-refractivity contribution in [3.8, 4) is 0 Å². The summed E-state index contributed by atoms with van der Waals surface area (Å²) >= 11 is 0. The van der Waals surface area contributed by atoms with E-state index in [1.165, 1.54) is 6.07 Å². The lowest BCUT2D eigenvalue weighted by atomic mass is 9.96. The zero-order valence-electron chi connectivity index (χ0n) is 11.6. The number of nitrogens with zero attached hydrogens (tertiary/aromatic N) is 3. The first kappa shape index (κ1) is 14.2. The van der Waals surface area contributed by atoms with E-state index >= 15 is 0 Å². The molecule has 2 fully saturated rings. The standard InChI is InChI=1S/C14H18F2N4O/c15-12(16)10-7-11(19-14(18-10)9-1-2-9)20-5-3-8(4-6-20)13(17)21/h7-9,12H,1-6H2,(H2,17,21). The van der Waals surface area contributed by atoms with Crippen LogP contribution in [-0.2, 0) is 4.79 Å². The molecule has 1 aliphatic carbocycles. The summed E-state index contributed by atoms with van der Waals surface area (Å²) in [4.78, 5) is 21.5. The van der Waals surface area contributed by atoms with E-state index in [0.717, 1.165) is 12.8 Å². The van der Waals surface area contributed by atoms with Crippen LogP contribution in [0, 0.1) is 5.92 Å². The lowest BCUT2D eigenvalue weighted by Crippen LogP contribution is -2.39. The predicted molar refractivity (Wildman–Crippen MR) is 73.1 cm³/mol. The largest absolute Gasteiger partial charge is 0.369 e. The van der Waals surface area contributed by atoms with Gasteiger partial charge in [0.2, 0.25) is 5.91 Å². The maximum atomic E-state index is 13.0. The smallest absolute Gasteiger partial charge is 0.280 e. The van der Waals surface area contributed by atoms with Crippen LogP contribution in [0.4, 0.5) is 14.6 Å². The number of piperidine rings is 1. The SMILES string of the molecule is NC(=O)C1CCN(c2cc(C(F)F)nc(C3CC3)n2)CC1. The van der Waals surface area contributed by atoms with E-state index in [-0.39, 0.29) is 23.4 Å². The molecular formula is C14H18F2N4O. The van der Waals surface area contributed by atoms with E-state index in [1.54, 1.807) is 0 Å². The summed E-state index contributed by atoms with van der Waals surface area (Å²) in [7, 11) is 0. The number of aromatic nitrogens is 2.